The van der Waals surface area contributed by atoms with Crippen molar-refractivity contribution >= 4 is 29.1 Å². The third kappa shape index (κ3) is 4.77. The lowest BCUT2D eigenvalue weighted by Gasteiger charge is -2.39. The Morgan fingerprint density at radius 3 is 2.53 bits per heavy atom. The summed E-state index contributed by atoms with van der Waals surface area (Å²) in [7, 11) is 0. The Bertz CT molecular complexity index is 1140. The lowest BCUT2D eigenvalue weighted by molar-refractivity contribution is -0.137. The number of aromatic nitrogens is 3. The molecule has 5 rings (SSSR count). The first-order valence-electron chi connectivity index (χ1n) is 11.6. The average molecular weight is 479 g/mol. The van der Waals surface area contributed by atoms with E-state index in [-0.39, 0.29) is 17.7 Å². The molecule has 0 spiro atoms. The average Bonchev–Trinajstić information content (AvgIpc) is 3.39. The Labute approximate surface area is 203 Å². The van der Waals surface area contributed by atoms with Crippen LogP contribution in [0.25, 0.3) is 11.3 Å². The van der Waals surface area contributed by atoms with Gasteiger partial charge in [0.25, 0.3) is 5.91 Å². The van der Waals surface area contributed by atoms with Crippen molar-refractivity contribution in [3.8, 4) is 11.3 Å². The van der Waals surface area contributed by atoms with Crippen LogP contribution in [0, 0.1) is 5.92 Å². The highest BCUT2D eigenvalue weighted by Gasteiger charge is 2.33. The van der Waals surface area contributed by atoms with Gasteiger partial charge in [-0.05, 0) is 55.3 Å². The number of anilines is 1. The van der Waals surface area contributed by atoms with Crippen LogP contribution in [-0.4, -0.2) is 76.1 Å². The standard InChI is InChI=1S/C25H27ClN6O2/c26-20-5-7-21(8-6-20)30-11-13-31(14-12-30)24(33)19-4-2-10-32(17-19)25(34)23-15-22(28-29-23)18-3-1-9-27-16-18/h1,3,5-9,15-16,19H,2,4,10-14,17H2,(H,28,29)/t19-/m0/s1. The molecule has 0 bridgehead atoms. The second kappa shape index (κ2) is 9.85. The van der Waals surface area contributed by atoms with Crippen LogP contribution < -0.4 is 4.90 Å². The smallest absolute Gasteiger partial charge is 0.271 e. The van der Waals surface area contributed by atoms with Crippen LogP contribution in [0.5, 0.6) is 0 Å². The SMILES string of the molecule is O=C(c1cc(-c2cccnc2)n[nH]1)N1CCC[C@H](C(=O)N2CCN(c3ccc(Cl)cc3)CC2)C1. The predicted octanol–water partition coefficient (Wildman–Crippen LogP) is 3.33. The molecule has 176 valence electrons. The number of rotatable bonds is 4. The zero-order valence-corrected chi connectivity index (χ0v) is 19.6. The summed E-state index contributed by atoms with van der Waals surface area (Å²) in [6.45, 7) is 4.02. The van der Waals surface area contributed by atoms with Crippen molar-refractivity contribution in [1.29, 1.82) is 0 Å². The predicted molar refractivity (Wildman–Crippen MR) is 131 cm³/mol. The molecule has 4 heterocycles. The number of nitrogens with zero attached hydrogens (tertiary/aromatic N) is 5. The molecule has 9 heteroatoms. The van der Waals surface area contributed by atoms with Crippen molar-refractivity contribution in [3.63, 3.8) is 0 Å². The number of halogens is 1. The van der Waals surface area contributed by atoms with E-state index < -0.39 is 0 Å². The summed E-state index contributed by atoms with van der Waals surface area (Å²) in [6.07, 6.45) is 5.04. The molecule has 2 aliphatic heterocycles. The Kier molecular flexibility index (Phi) is 6.49. The molecule has 2 fully saturated rings. The second-order valence-electron chi connectivity index (χ2n) is 8.79. The van der Waals surface area contributed by atoms with E-state index in [1.165, 1.54) is 0 Å². The molecule has 34 heavy (non-hydrogen) atoms. The summed E-state index contributed by atoms with van der Waals surface area (Å²) in [6, 6.07) is 13.3. The largest absolute Gasteiger partial charge is 0.368 e. The van der Waals surface area contributed by atoms with Gasteiger partial charge in [0.05, 0.1) is 11.6 Å². The molecule has 8 nitrogen and oxygen atoms in total. The van der Waals surface area contributed by atoms with Crippen LogP contribution in [0.15, 0.2) is 54.9 Å². The third-order valence-electron chi connectivity index (χ3n) is 6.61. The number of pyridine rings is 1. The zero-order chi connectivity index (χ0) is 23.5. The summed E-state index contributed by atoms with van der Waals surface area (Å²) in [5.74, 6) is -0.137. The molecule has 2 aromatic heterocycles. The molecule has 2 aliphatic rings. The highest BCUT2D eigenvalue weighted by atomic mass is 35.5. The van der Waals surface area contributed by atoms with Crippen molar-refractivity contribution < 1.29 is 9.59 Å². The fourth-order valence-corrected chi connectivity index (χ4v) is 4.85. The van der Waals surface area contributed by atoms with Crippen molar-refractivity contribution in [3.05, 3.63) is 65.6 Å². The Morgan fingerprint density at radius 1 is 1.00 bits per heavy atom. The highest BCUT2D eigenvalue weighted by Crippen LogP contribution is 2.24. The molecule has 0 aliphatic carbocycles. The summed E-state index contributed by atoms with van der Waals surface area (Å²) in [5, 5.41) is 7.84. The van der Waals surface area contributed by atoms with Gasteiger partial charge in [0, 0.05) is 67.9 Å². The fourth-order valence-electron chi connectivity index (χ4n) is 4.72. The van der Waals surface area contributed by atoms with Crippen molar-refractivity contribution in [2.45, 2.75) is 12.8 Å². The first-order chi connectivity index (χ1) is 16.6. The summed E-state index contributed by atoms with van der Waals surface area (Å²) in [5.41, 5.74) is 3.08. The van der Waals surface area contributed by atoms with Crippen LogP contribution in [0.3, 0.4) is 0 Å². The number of amides is 2. The molecule has 1 atom stereocenters. The number of hydrogen-bond acceptors (Lipinski definition) is 5. The van der Waals surface area contributed by atoms with Gasteiger partial charge in [-0.25, -0.2) is 0 Å². The van der Waals surface area contributed by atoms with Crippen LogP contribution in [0.4, 0.5) is 5.69 Å². The first kappa shape index (κ1) is 22.4. The lowest BCUT2D eigenvalue weighted by Crippen LogP contribution is -2.53. The topological polar surface area (TPSA) is 85.4 Å². The van der Waals surface area contributed by atoms with Gasteiger partial charge in [-0.15, -0.1) is 0 Å². The summed E-state index contributed by atoms with van der Waals surface area (Å²) < 4.78 is 0. The maximum Gasteiger partial charge on any atom is 0.271 e. The molecule has 3 aromatic rings. The number of H-pyrrole nitrogens is 1. The van der Waals surface area contributed by atoms with Gasteiger partial charge in [0.2, 0.25) is 5.91 Å². The van der Waals surface area contributed by atoms with E-state index in [0.29, 0.717) is 37.6 Å². The van der Waals surface area contributed by atoms with E-state index in [2.05, 4.69) is 20.1 Å². The van der Waals surface area contributed by atoms with Crippen LogP contribution in [-0.2, 0) is 4.79 Å². The summed E-state index contributed by atoms with van der Waals surface area (Å²) in [4.78, 5) is 36.5. The van der Waals surface area contributed by atoms with E-state index in [1.807, 2.05) is 41.3 Å². The van der Waals surface area contributed by atoms with Crippen molar-refractivity contribution in [2.75, 3.05) is 44.2 Å². The quantitative estimate of drug-likeness (QED) is 0.621. The number of aromatic amines is 1. The molecule has 0 unspecified atom stereocenters. The van der Waals surface area contributed by atoms with E-state index in [9.17, 15) is 9.59 Å². The van der Waals surface area contributed by atoms with Gasteiger partial charge in [-0.3, -0.25) is 19.7 Å². The zero-order valence-electron chi connectivity index (χ0n) is 18.9. The number of hydrogen-bond donors (Lipinski definition) is 1. The van der Waals surface area contributed by atoms with E-state index >= 15 is 0 Å². The minimum absolute atomic E-state index is 0.118. The van der Waals surface area contributed by atoms with Gasteiger partial charge in [0.15, 0.2) is 0 Å². The van der Waals surface area contributed by atoms with Crippen LogP contribution in [0.2, 0.25) is 5.02 Å². The molecule has 2 amide bonds. The number of carbonyl (C=O) groups excluding carboxylic acids is 2. The Balaban J connectivity index is 1.18. The molecule has 2 saturated heterocycles. The number of nitrogens with one attached hydrogen (secondary N) is 1. The Morgan fingerprint density at radius 2 is 1.79 bits per heavy atom. The van der Waals surface area contributed by atoms with Gasteiger partial charge in [-0.2, -0.15) is 5.10 Å². The van der Waals surface area contributed by atoms with E-state index in [4.69, 9.17) is 11.6 Å². The maximum absolute atomic E-state index is 13.3. The number of piperazine rings is 1. The monoisotopic (exact) mass is 478 g/mol. The molecule has 0 radical (unpaired) electrons. The Hall–Kier alpha value is -3.39. The number of likely N-dealkylation sites (tertiary alicyclic amines) is 1. The molecule has 1 N–H and O–H groups in total. The van der Waals surface area contributed by atoms with E-state index in [1.54, 1.807) is 23.4 Å². The first-order valence-corrected chi connectivity index (χ1v) is 12.0. The minimum Gasteiger partial charge on any atom is -0.368 e. The molecule has 0 saturated carbocycles. The van der Waals surface area contributed by atoms with Gasteiger partial charge in [0.1, 0.15) is 5.69 Å². The van der Waals surface area contributed by atoms with E-state index in [0.717, 1.165) is 42.2 Å². The normalized spacial score (nSPS) is 18.7. The molecule has 1 aromatic carbocycles. The van der Waals surface area contributed by atoms with Crippen molar-refractivity contribution in [1.82, 2.24) is 25.0 Å². The van der Waals surface area contributed by atoms with Gasteiger partial charge < -0.3 is 14.7 Å². The lowest BCUT2D eigenvalue weighted by atomic mass is 9.96. The minimum atomic E-state index is -0.166. The third-order valence-corrected chi connectivity index (χ3v) is 6.86. The van der Waals surface area contributed by atoms with Crippen LogP contribution >= 0.6 is 11.6 Å². The van der Waals surface area contributed by atoms with Gasteiger partial charge in [-0.1, -0.05) is 11.6 Å². The summed E-state index contributed by atoms with van der Waals surface area (Å²) >= 11 is 6.00. The van der Waals surface area contributed by atoms with Gasteiger partial charge >= 0.3 is 0 Å². The number of benzene rings is 1. The maximum atomic E-state index is 13.3. The highest BCUT2D eigenvalue weighted by molar-refractivity contribution is 6.30. The fraction of sp³-hybridized carbons (Fsp3) is 0.360. The number of carbonyl (C=O) groups is 2. The second-order valence-corrected chi connectivity index (χ2v) is 9.22. The van der Waals surface area contributed by atoms with Crippen molar-refractivity contribution in [2.24, 2.45) is 5.92 Å². The molecular weight excluding hydrogens is 452 g/mol. The number of piperidine rings is 1. The molecular formula is C25H27ClN6O2. The van der Waals surface area contributed by atoms with Crippen LogP contribution in [0.1, 0.15) is 23.3 Å².